The van der Waals surface area contributed by atoms with Crippen molar-refractivity contribution in [2.45, 2.75) is 13.5 Å². The third kappa shape index (κ3) is 4.94. The van der Waals surface area contributed by atoms with Crippen LogP contribution in [-0.2, 0) is 6.54 Å². The Hall–Kier alpha value is -3.61. The van der Waals surface area contributed by atoms with E-state index in [0.717, 1.165) is 0 Å². The van der Waals surface area contributed by atoms with Gasteiger partial charge in [-0.25, -0.2) is 9.37 Å². The highest BCUT2D eigenvalue weighted by atomic mass is 35.5. The van der Waals surface area contributed by atoms with E-state index in [0.29, 0.717) is 0 Å². The van der Waals surface area contributed by atoms with E-state index in [4.69, 9.17) is 38.9 Å². The Morgan fingerprint density at radius 1 is 1.32 bits per heavy atom. The van der Waals surface area contributed by atoms with Gasteiger partial charge in [-0.15, -0.1) is 0 Å². The molecular formula is C20H14Cl2FN5O3. The lowest BCUT2D eigenvalue weighted by Gasteiger charge is -2.13. The van der Waals surface area contributed by atoms with Gasteiger partial charge in [0.15, 0.2) is 29.0 Å². The molecule has 2 aromatic carbocycles. The van der Waals surface area contributed by atoms with E-state index in [1.165, 1.54) is 37.3 Å². The summed E-state index contributed by atoms with van der Waals surface area (Å²) in [5.74, 6) is -2.07. The summed E-state index contributed by atoms with van der Waals surface area (Å²) >= 11 is 11.9. The summed E-state index contributed by atoms with van der Waals surface area (Å²) in [6, 6.07) is 8.79. The standard InChI is InChI=1S/C20H14Cl2FN5O3/c1-9(29)12-4-10(7-24)5-13(6-12)31-17-14(21)3-2-11(15(17)23)8-26-19(30)16-18(22)28-20(25)27-16/h2-6H,8H2,1H3,(H,26,30)(H3,25,27,28). The molecule has 0 saturated carbocycles. The SMILES string of the molecule is CC(=O)c1cc(C#N)cc(Oc2c(Cl)ccc(CNC(=O)c3nc(N)[nH]c3Cl)c2F)c1. The second-order valence-corrected chi connectivity index (χ2v) is 7.12. The van der Waals surface area contributed by atoms with Crippen LogP contribution in [0.15, 0.2) is 30.3 Å². The lowest BCUT2D eigenvalue weighted by atomic mass is 10.1. The number of carbonyl (C=O) groups is 2. The van der Waals surface area contributed by atoms with E-state index in [1.807, 2.05) is 6.07 Å². The molecule has 3 aromatic rings. The smallest absolute Gasteiger partial charge is 0.273 e. The third-order valence-corrected chi connectivity index (χ3v) is 4.69. The Bertz CT molecular complexity index is 1240. The normalized spacial score (nSPS) is 10.4. The number of benzene rings is 2. The highest BCUT2D eigenvalue weighted by Crippen LogP contribution is 2.34. The van der Waals surface area contributed by atoms with E-state index >= 15 is 4.39 Å². The summed E-state index contributed by atoms with van der Waals surface area (Å²) in [5, 5.41) is 11.5. The molecule has 11 heteroatoms. The van der Waals surface area contributed by atoms with E-state index in [2.05, 4.69) is 15.3 Å². The molecular weight excluding hydrogens is 448 g/mol. The topological polar surface area (TPSA) is 134 Å². The minimum Gasteiger partial charge on any atom is -0.453 e. The molecule has 0 aliphatic heterocycles. The van der Waals surface area contributed by atoms with Crippen molar-refractivity contribution >= 4 is 40.8 Å². The second kappa shape index (κ2) is 9.04. The van der Waals surface area contributed by atoms with Crippen molar-refractivity contribution in [1.29, 1.82) is 5.26 Å². The number of ether oxygens (including phenoxy) is 1. The number of hydrogen-bond acceptors (Lipinski definition) is 6. The molecule has 158 valence electrons. The van der Waals surface area contributed by atoms with E-state index in [9.17, 15) is 9.59 Å². The van der Waals surface area contributed by atoms with Gasteiger partial charge in [0.05, 0.1) is 16.7 Å². The number of hydrogen-bond donors (Lipinski definition) is 3. The first-order valence-electron chi connectivity index (χ1n) is 8.69. The van der Waals surface area contributed by atoms with Crippen molar-refractivity contribution in [3.8, 4) is 17.6 Å². The second-order valence-electron chi connectivity index (χ2n) is 6.33. The first-order chi connectivity index (χ1) is 14.7. The van der Waals surface area contributed by atoms with Crippen LogP contribution in [0.5, 0.6) is 11.5 Å². The van der Waals surface area contributed by atoms with E-state index < -0.39 is 11.7 Å². The van der Waals surface area contributed by atoms with Gasteiger partial charge in [0.25, 0.3) is 5.91 Å². The van der Waals surface area contributed by atoms with Gasteiger partial charge in [-0.2, -0.15) is 5.26 Å². The number of nitrogens with one attached hydrogen (secondary N) is 2. The number of nitrogens with zero attached hydrogens (tertiary/aromatic N) is 2. The fourth-order valence-electron chi connectivity index (χ4n) is 2.63. The number of nitrogen functional groups attached to an aromatic ring is 1. The van der Waals surface area contributed by atoms with Crippen molar-refractivity contribution in [3.05, 3.63) is 68.7 Å². The average Bonchev–Trinajstić information content (AvgIpc) is 3.08. The van der Waals surface area contributed by atoms with Crippen LogP contribution < -0.4 is 15.8 Å². The maximum absolute atomic E-state index is 15.0. The van der Waals surface area contributed by atoms with Crippen LogP contribution in [-0.4, -0.2) is 21.7 Å². The molecule has 0 atom stereocenters. The largest absolute Gasteiger partial charge is 0.453 e. The summed E-state index contributed by atoms with van der Waals surface area (Å²) in [7, 11) is 0. The van der Waals surface area contributed by atoms with Crippen molar-refractivity contribution in [2.75, 3.05) is 5.73 Å². The fourth-order valence-corrected chi connectivity index (χ4v) is 3.04. The molecule has 1 amide bonds. The number of rotatable bonds is 6. The van der Waals surface area contributed by atoms with Gasteiger partial charge in [-0.05, 0) is 31.2 Å². The molecule has 31 heavy (non-hydrogen) atoms. The Morgan fingerprint density at radius 2 is 2.06 bits per heavy atom. The van der Waals surface area contributed by atoms with E-state index in [-0.39, 0.29) is 62.3 Å². The van der Waals surface area contributed by atoms with Crippen LogP contribution in [0.2, 0.25) is 10.2 Å². The van der Waals surface area contributed by atoms with Gasteiger partial charge in [-0.1, -0.05) is 29.3 Å². The number of aromatic amines is 1. The number of H-pyrrole nitrogens is 1. The first-order valence-corrected chi connectivity index (χ1v) is 9.45. The van der Waals surface area contributed by atoms with Gasteiger partial charge >= 0.3 is 0 Å². The summed E-state index contributed by atoms with van der Waals surface area (Å²) in [5.41, 5.74) is 5.77. The number of carbonyl (C=O) groups excluding carboxylic acids is 2. The first kappa shape index (κ1) is 22.1. The number of anilines is 1. The number of amides is 1. The average molecular weight is 462 g/mol. The van der Waals surface area contributed by atoms with Crippen LogP contribution in [0, 0.1) is 17.1 Å². The predicted molar refractivity (Wildman–Crippen MR) is 112 cm³/mol. The van der Waals surface area contributed by atoms with Crippen LogP contribution in [0.1, 0.15) is 38.9 Å². The Kier molecular flexibility index (Phi) is 6.44. The maximum Gasteiger partial charge on any atom is 0.273 e. The zero-order valence-corrected chi connectivity index (χ0v) is 17.4. The highest BCUT2D eigenvalue weighted by Gasteiger charge is 2.19. The number of nitriles is 1. The molecule has 0 spiro atoms. The van der Waals surface area contributed by atoms with Crippen molar-refractivity contribution in [2.24, 2.45) is 0 Å². The van der Waals surface area contributed by atoms with Crippen molar-refractivity contribution in [3.63, 3.8) is 0 Å². The quantitative estimate of drug-likeness (QED) is 0.470. The van der Waals surface area contributed by atoms with Crippen LogP contribution >= 0.6 is 23.2 Å². The minimum absolute atomic E-state index is 0.0342. The summed E-state index contributed by atoms with van der Waals surface area (Å²) in [6.07, 6.45) is 0. The Balaban J connectivity index is 1.85. The zero-order chi connectivity index (χ0) is 22.7. The monoisotopic (exact) mass is 461 g/mol. The van der Waals surface area contributed by atoms with Crippen molar-refractivity contribution < 1.29 is 18.7 Å². The van der Waals surface area contributed by atoms with Gasteiger partial charge in [0.2, 0.25) is 0 Å². The molecule has 0 aliphatic carbocycles. The lowest BCUT2D eigenvalue weighted by molar-refractivity contribution is 0.0945. The number of ketones is 1. The van der Waals surface area contributed by atoms with Crippen LogP contribution in [0.4, 0.5) is 10.3 Å². The summed E-state index contributed by atoms with van der Waals surface area (Å²) in [4.78, 5) is 30.1. The molecule has 0 unspecified atom stereocenters. The van der Waals surface area contributed by atoms with Crippen LogP contribution in [0.3, 0.4) is 0 Å². The number of Topliss-reactive ketones (excluding diaryl/α,β-unsaturated/α-hetero) is 1. The predicted octanol–water partition coefficient (Wildman–Crippen LogP) is 4.23. The highest BCUT2D eigenvalue weighted by molar-refractivity contribution is 6.32. The molecule has 1 aromatic heterocycles. The molecule has 0 aliphatic rings. The molecule has 3 rings (SSSR count). The number of imidazole rings is 1. The minimum atomic E-state index is -0.827. The Morgan fingerprint density at radius 3 is 2.68 bits per heavy atom. The number of halogens is 3. The summed E-state index contributed by atoms with van der Waals surface area (Å²) < 4.78 is 20.6. The number of nitrogens with two attached hydrogens (primary N) is 1. The molecule has 0 bridgehead atoms. The fraction of sp³-hybridized carbons (Fsp3) is 0.100. The van der Waals surface area contributed by atoms with Gasteiger partial charge in [-0.3, -0.25) is 9.59 Å². The molecule has 4 N–H and O–H groups in total. The lowest BCUT2D eigenvalue weighted by Crippen LogP contribution is -2.24. The maximum atomic E-state index is 15.0. The molecule has 0 fully saturated rings. The summed E-state index contributed by atoms with van der Waals surface area (Å²) in [6.45, 7) is 1.11. The number of aromatic nitrogens is 2. The van der Waals surface area contributed by atoms with Gasteiger partial charge in [0, 0.05) is 17.7 Å². The van der Waals surface area contributed by atoms with Gasteiger partial charge < -0.3 is 20.8 Å². The van der Waals surface area contributed by atoms with Crippen molar-refractivity contribution in [1.82, 2.24) is 15.3 Å². The third-order valence-electron chi connectivity index (χ3n) is 4.12. The Labute approximate surface area is 185 Å². The molecule has 0 radical (unpaired) electrons. The molecule has 0 saturated heterocycles. The van der Waals surface area contributed by atoms with E-state index in [1.54, 1.807) is 0 Å². The van der Waals surface area contributed by atoms with Gasteiger partial charge in [0.1, 0.15) is 10.9 Å². The molecule has 1 heterocycles. The van der Waals surface area contributed by atoms with Crippen LogP contribution in [0.25, 0.3) is 0 Å². The molecule has 8 nitrogen and oxygen atoms in total. The zero-order valence-electron chi connectivity index (χ0n) is 15.9.